The lowest BCUT2D eigenvalue weighted by atomic mass is 10.0. The van der Waals surface area contributed by atoms with Gasteiger partial charge in [-0.15, -0.1) is 25.6 Å². The first-order valence-electron chi connectivity index (χ1n) is 10.7. The van der Waals surface area contributed by atoms with Crippen LogP contribution in [0.2, 0.25) is 0 Å². The number of carbonyl (C=O) groups excluding carboxylic acids is 2. The van der Waals surface area contributed by atoms with Gasteiger partial charge in [-0.1, -0.05) is 31.9 Å². The van der Waals surface area contributed by atoms with Crippen molar-refractivity contribution >= 4 is 39.6 Å². The normalized spacial score (nSPS) is 17.2. The molecule has 0 fully saturated rings. The number of sulfone groups is 1. The molecule has 0 unspecified atom stereocenters. The van der Waals surface area contributed by atoms with Crippen molar-refractivity contribution in [1.82, 2.24) is 0 Å². The van der Waals surface area contributed by atoms with Crippen molar-refractivity contribution in [1.29, 1.82) is 0 Å². The van der Waals surface area contributed by atoms with Crippen LogP contribution in [0.25, 0.3) is 0 Å². The number of fused-ring (bicyclic) bond motifs is 1. The Morgan fingerprint density at radius 3 is 2.40 bits per heavy atom. The number of rotatable bonds is 8. The maximum absolute atomic E-state index is 13.0. The minimum absolute atomic E-state index is 0. The molecule has 1 aliphatic heterocycles. The number of alkyl halides is 3. The second kappa shape index (κ2) is 11.4. The second-order valence-corrected chi connectivity index (χ2v) is 10.1. The summed E-state index contributed by atoms with van der Waals surface area (Å²) in [6, 6.07) is 7.61. The third-order valence-electron chi connectivity index (χ3n) is 5.39. The molecule has 1 amide bonds. The third-order valence-corrected chi connectivity index (χ3v) is 7.21. The Bertz CT molecular complexity index is 1170. The molecule has 2 aromatic rings. The summed E-state index contributed by atoms with van der Waals surface area (Å²) in [7, 11) is -3.92. The smallest absolute Gasteiger partial charge is 0.406 e. The number of anilines is 1. The van der Waals surface area contributed by atoms with E-state index >= 15 is 0 Å². The average molecular weight is 535 g/mol. The minimum Gasteiger partial charge on any atom is -0.406 e. The molecule has 1 atom stereocenters. The number of hydrogen-bond donors (Lipinski definition) is 1. The van der Waals surface area contributed by atoms with Gasteiger partial charge < -0.3 is 15.4 Å². The zero-order chi connectivity index (χ0) is 25.1. The van der Waals surface area contributed by atoms with Crippen LogP contribution in [0.15, 0.2) is 47.4 Å². The van der Waals surface area contributed by atoms with E-state index in [1.807, 2.05) is 6.92 Å². The topological polar surface area (TPSA) is 107 Å². The van der Waals surface area contributed by atoms with Crippen molar-refractivity contribution in [2.24, 2.45) is 5.73 Å². The van der Waals surface area contributed by atoms with E-state index in [1.54, 1.807) is 0 Å². The summed E-state index contributed by atoms with van der Waals surface area (Å²) >= 11 is 0. The number of unbranched alkanes of at least 4 members (excludes halogenated alkanes) is 2. The lowest BCUT2D eigenvalue weighted by Crippen LogP contribution is -2.45. The summed E-state index contributed by atoms with van der Waals surface area (Å²) in [5, 5.41) is 0. The van der Waals surface area contributed by atoms with Gasteiger partial charge in [-0.05, 0) is 42.3 Å². The molecule has 1 aliphatic rings. The van der Waals surface area contributed by atoms with Gasteiger partial charge in [0.15, 0.2) is 15.6 Å². The van der Waals surface area contributed by atoms with Gasteiger partial charge in [-0.3, -0.25) is 9.59 Å². The molecule has 192 valence electrons. The van der Waals surface area contributed by atoms with Crippen molar-refractivity contribution in [3.05, 3.63) is 53.6 Å². The van der Waals surface area contributed by atoms with Crippen molar-refractivity contribution in [2.45, 2.75) is 56.5 Å². The maximum Gasteiger partial charge on any atom is 0.573 e. The van der Waals surface area contributed by atoms with Gasteiger partial charge >= 0.3 is 6.36 Å². The number of hydrogen-bond acceptors (Lipinski definition) is 6. The number of ketones is 1. The van der Waals surface area contributed by atoms with E-state index in [1.165, 1.54) is 30.3 Å². The number of nitrogens with zero attached hydrogens (tertiary/aromatic N) is 1. The molecule has 0 aliphatic carbocycles. The molecule has 2 N–H and O–H groups in total. The zero-order valence-electron chi connectivity index (χ0n) is 18.9. The van der Waals surface area contributed by atoms with Crippen LogP contribution in [-0.4, -0.2) is 38.3 Å². The summed E-state index contributed by atoms with van der Waals surface area (Å²) < 4.78 is 66.8. The minimum atomic E-state index is -4.84. The number of amides is 1. The highest BCUT2D eigenvalue weighted by molar-refractivity contribution is 7.91. The summed E-state index contributed by atoms with van der Waals surface area (Å²) in [6.07, 6.45) is -2.07. The van der Waals surface area contributed by atoms with Crippen LogP contribution >= 0.6 is 12.4 Å². The van der Waals surface area contributed by atoms with Crippen molar-refractivity contribution in [3.8, 4) is 5.75 Å². The molecular formula is C23H26ClF3N2O5S. The third kappa shape index (κ3) is 7.18. The molecule has 0 bridgehead atoms. The van der Waals surface area contributed by atoms with Gasteiger partial charge in [0.1, 0.15) is 5.75 Å². The molecule has 0 saturated carbocycles. The lowest BCUT2D eigenvalue weighted by Gasteiger charge is -2.24. The highest BCUT2D eigenvalue weighted by Crippen LogP contribution is 2.33. The summed E-state index contributed by atoms with van der Waals surface area (Å²) in [6.45, 7) is 1.85. The van der Waals surface area contributed by atoms with Gasteiger partial charge in [0.25, 0.3) is 0 Å². The fourth-order valence-electron chi connectivity index (χ4n) is 3.70. The van der Waals surface area contributed by atoms with E-state index < -0.39 is 39.7 Å². The quantitative estimate of drug-likeness (QED) is 0.397. The van der Waals surface area contributed by atoms with E-state index in [2.05, 4.69) is 4.74 Å². The maximum atomic E-state index is 13.0. The van der Waals surface area contributed by atoms with E-state index in [4.69, 9.17) is 5.73 Å². The van der Waals surface area contributed by atoms with Gasteiger partial charge in [-0.25, -0.2) is 8.42 Å². The predicted octanol–water partition coefficient (Wildman–Crippen LogP) is 4.42. The molecule has 12 heteroatoms. The Labute approximate surface area is 207 Å². The first kappa shape index (κ1) is 28.6. The molecular weight excluding hydrogens is 509 g/mol. The SMILES string of the molecule is CCCCCC(=O)c1ccc2c(c1)N(Cc1ccc(OC(F)(F)F)cc1)C(=O)[C@@H](N)CS2(=O)=O.Cl. The highest BCUT2D eigenvalue weighted by atomic mass is 35.5. The first-order chi connectivity index (χ1) is 15.9. The van der Waals surface area contributed by atoms with Crippen LogP contribution in [-0.2, 0) is 21.2 Å². The van der Waals surface area contributed by atoms with E-state index in [9.17, 15) is 31.2 Å². The molecule has 1 heterocycles. The molecule has 0 spiro atoms. The second-order valence-electron chi connectivity index (χ2n) is 8.07. The Morgan fingerprint density at radius 2 is 1.80 bits per heavy atom. The van der Waals surface area contributed by atoms with Crippen LogP contribution < -0.4 is 15.4 Å². The van der Waals surface area contributed by atoms with Gasteiger partial charge in [-0.2, -0.15) is 0 Å². The van der Waals surface area contributed by atoms with Gasteiger partial charge in [0.05, 0.1) is 28.9 Å². The average Bonchev–Trinajstić information content (AvgIpc) is 2.82. The summed E-state index contributed by atoms with van der Waals surface area (Å²) in [4.78, 5) is 26.7. The number of Topliss-reactive ketones (excluding diaryl/α,β-unsaturated/α-hetero) is 1. The van der Waals surface area contributed by atoms with Gasteiger partial charge in [0, 0.05) is 12.0 Å². The van der Waals surface area contributed by atoms with E-state index in [0.29, 0.717) is 12.0 Å². The molecule has 0 radical (unpaired) electrons. The summed E-state index contributed by atoms with van der Waals surface area (Å²) in [5.41, 5.74) is 6.58. The Hall–Kier alpha value is -2.63. The molecule has 2 aromatic carbocycles. The first-order valence-corrected chi connectivity index (χ1v) is 12.4. The number of benzene rings is 2. The molecule has 0 saturated heterocycles. The van der Waals surface area contributed by atoms with Crippen LogP contribution in [0.4, 0.5) is 18.9 Å². The monoisotopic (exact) mass is 534 g/mol. The van der Waals surface area contributed by atoms with Gasteiger partial charge in [0.2, 0.25) is 5.91 Å². The van der Waals surface area contributed by atoms with E-state index in [0.717, 1.165) is 29.9 Å². The lowest BCUT2D eigenvalue weighted by molar-refractivity contribution is -0.274. The van der Waals surface area contributed by atoms with Crippen LogP contribution in [0.3, 0.4) is 0 Å². The van der Waals surface area contributed by atoms with E-state index in [-0.39, 0.29) is 47.3 Å². The molecule has 7 nitrogen and oxygen atoms in total. The molecule has 3 rings (SSSR count). The summed E-state index contributed by atoms with van der Waals surface area (Å²) in [5.74, 6) is -1.88. The Balaban J connectivity index is 0.00000432. The highest BCUT2D eigenvalue weighted by Gasteiger charge is 2.36. The number of nitrogens with two attached hydrogens (primary N) is 1. The molecule has 35 heavy (non-hydrogen) atoms. The van der Waals surface area contributed by atoms with Crippen LogP contribution in [0.5, 0.6) is 5.75 Å². The van der Waals surface area contributed by atoms with Crippen LogP contribution in [0.1, 0.15) is 48.5 Å². The Kier molecular flexibility index (Phi) is 9.32. The standard InChI is InChI=1S/C23H25F3N2O5S.ClH/c1-2-3-4-5-20(29)16-8-11-21-19(12-16)28(22(30)18(27)14-34(21,31)32)13-15-6-9-17(10-7-15)33-23(24,25)26;/h6-12,18H,2-5,13-14,27H2,1H3;1H/t18-;/m0./s1. The van der Waals surface area contributed by atoms with Crippen LogP contribution in [0, 0.1) is 0 Å². The molecule has 0 aromatic heterocycles. The number of halogens is 4. The number of ether oxygens (including phenoxy) is 1. The predicted molar refractivity (Wildman–Crippen MR) is 127 cm³/mol. The van der Waals surface area contributed by atoms with Crippen molar-refractivity contribution in [2.75, 3.05) is 10.7 Å². The fraction of sp³-hybridized carbons (Fsp3) is 0.391. The fourth-order valence-corrected chi connectivity index (χ4v) is 5.26. The van der Waals surface area contributed by atoms with Crippen molar-refractivity contribution < 1.29 is 35.9 Å². The van der Waals surface area contributed by atoms with Crippen molar-refractivity contribution in [3.63, 3.8) is 0 Å². The number of carbonyl (C=O) groups is 2. The largest absolute Gasteiger partial charge is 0.573 e. The zero-order valence-corrected chi connectivity index (χ0v) is 20.5. The Morgan fingerprint density at radius 1 is 1.14 bits per heavy atom.